The molecular formula is C20H20F2N4O3S2. The van der Waals surface area contributed by atoms with Gasteiger partial charge in [0.2, 0.25) is 0 Å². The molecule has 0 aromatic carbocycles. The summed E-state index contributed by atoms with van der Waals surface area (Å²) in [5.74, 6) is -0.356. The van der Waals surface area contributed by atoms with Gasteiger partial charge in [0.25, 0.3) is 6.43 Å². The van der Waals surface area contributed by atoms with Crippen LogP contribution < -0.4 is 10.1 Å². The van der Waals surface area contributed by atoms with Crippen LogP contribution >= 0.6 is 23.1 Å². The summed E-state index contributed by atoms with van der Waals surface area (Å²) in [6.45, 7) is 1.44. The Balaban J connectivity index is 1.55. The second-order valence-corrected chi connectivity index (χ2v) is 9.14. The molecular weight excluding hydrogens is 446 g/mol. The first-order valence-corrected chi connectivity index (χ1v) is 11.4. The molecule has 1 saturated heterocycles. The number of pyridine rings is 1. The van der Waals surface area contributed by atoms with E-state index in [1.165, 1.54) is 24.6 Å². The number of aromatic nitrogens is 3. The quantitative estimate of drug-likeness (QED) is 0.310. The number of rotatable bonds is 7. The largest absolute Gasteiger partial charge is 0.495 e. The van der Waals surface area contributed by atoms with Crippen LogP contribution in [0, 0.1) is 0 Å². The Morgan fingerprint density at radius 2 is 2.13 bits per heavy atom. The molecule has 2 N–H and O–H groups in total. The number of methoxy groups -OCH3 is 1. The van der Waals surface area contributed by atoms with Gasteiger partial charge in [-0.2, -0.15) is 0 Å². The topological polar surface area (TPSA) is 97.2 Å². The number of aliphatic hydroxyl groups is 1. The smallest absolute Gasteiger partial charge is 0.297 e. The molecule has 0 unspecified atom stereocenters. The number of hydrogen-bond donors (Lipinski definition) is 2. The highest BCUT2D eigenvalue weighted by atomic mass is 32.2. The molecule has 164 valence electrons. The van der Waals surface area contributed by atoms with E-state index in [1.807, 2.05) is 0 Å². The van der Waals surface area contributed by atoms with Crippen LogP contribution in [0.5, 0.6) is 5.75 Å². The van der Waals surface area contributed by atoms with Crippen LogP contribution in [-0.4, -0.2) is 51.8 Å². The monoisotopic (exact) mass is 466 g/mol. The first-order valence-electron chi connectivity index (χ1n) is 9.59. The highest BCUT2D eigenvalue weighted by Gasteiger charge is 2.33. The normalized spacial score (nSPS) is 16.0. The van der Waals surface area contributed by atoms with Crippen molar-refractivity contribution in [1.82, 2.24) is 20.3 Å². The third kappa shape index (κ3) is 4.69. The Morgan fingerprint density at radius 3 is 2.84 bits per heavy atom. The van der Waals surface area contributed by atoms with Crippen molar-refractivity contribution in [3.05, 3.63) is 40.0 Å². The molecule has 0 aliphatic carbocycles. The van der Waals surface area contributed by atoms with Crippen molar-refractivity contribution >= 4 is 39.9 Å². The fourth-order valence-electron chi connectivity index (χ4n) is 3.33. The Hall–Kier alpha value is -2.21. The van der Waals surface area contributed by atoms with E-state index in [2.05, 4.69) is 20.3 Å². The number of carbonyl (C=O) groups is 1. The number of halogens is 2. The molecule has 3 aromatic rings. The Morgan fingerprint density at radius 1 is 1.35 bits per heavy atom. The first-order chi connectivity index (χ1) is 14.9. The number of alkyl halides is 2. The Bertz CT molecular complexity index is 1100. The number of carbonyl (C=O) groups excluding carboxylic acids is 1. The molecule has 0 spiro atoms. The molecule has 0 radical (unpaired) electrons. The fraction of sp³-hybridized carbons (Fsp3) is 0.400. The van der Waals surface area contributed by atoms with Crippen molar-refractivity contribution in [2.24, 2.45) is 0 Å². The minimum atomic E-state index is -2.85. The average molecular weight is 467 g/mol. The molecule has 0 saturated carbocycles. The second kappa shape index (κ2) is 9.11. The van der Waals surface area contributed by atoms with Crippen molar-refractivity contribution in [3.63, 3.8) is 0 Å². The molecule has 0 bridgehead atoms. The molecule has 0 atom stereocenters. The lowest BCUT2D eigenvalue weighted by atomic mass is 9.91. The van der Waals surface area contributed by atoms with Gasteiger partial charge in [-0.3, -0.25) is 4.79 Å². The van der Waals surface area contributed by atoms with E-state index >= 15 is 0 Å². The van der Waals surface area contributed by atoms with Gasteiger partial charge < -0.3 is 15.2 Å². The van der Waals surface area contributed by atoms with Gasteiger partial charge in [-0.1, -0.05) is 11.8 Å². The van der Waals surface area contributed by atoms with Crippen LogP contribution in [0.2, 0.25) is 0 Å². The second-order valence-electron chi connectivity index (χ2n) is 7.09. The lowest BCUT2D eigenvalue weighted by molar-refractivity contribution is 0.00944. The molecule has 31 heavy (non-hydrogen) atoms. The summed E-state index contributed by atoms with van der Waals surface area (Å²) in [6.07, 6.45) is -0.278. The van der Waals surface area contributed by atoms with E-state index < -0.39 is 17.9 Å². The maximum Gasteiger partial charge on any atom is 0.297 e. The van der Waals surface area contributed by atoms with Gasteiger partial charge >= 0.3 is 0 Å². The maximum absolute atomic E-state index is 13.2. The molecule has 1 fully saturated rings. The van der Waals surface area contributed by atoms with Gasteiger partial charge in [0.05, 0.1) is 29.3 Å². The minimum absolute atomic E-state index is 0.00589. The van der Waals surface area contributed by atoms with Gasteiger partial charge in [0, 0.05) is 4.88 Å². The zero-order chi connectivity index (χ0) is 22.0. The maximum atomic E-state index is 13.2. The first kappa shape index (κ1) is 22.0. The van der Waals surface area contributed by atoms with Gasteiger partial charge in [-0.15, -0.1) is 11.3 Å². The zero-order valence-electron chi connectivity index (χ0n) is 16.6. The summed E-state index contributed by atoms with van der Waals surface area (Å²) >= 11 is 2.33. The number of nitrogens with one attached hydrogen (secondary N) is 1. The average Bonchev–Trinajstić information content (AvgIpc) is 3.28. The van der Waals surface area contributed by atoms with E-state index in [0.29, 0.717) is 28.9 Å². The Kier molecular flexibility index (Phi) is 6.47. The molecule has 1 aliphatic rings. The van der Waals surface area contributed by atoms with Crippen LogP contribution in [-0.2, 0) is 5.60 Å². The summed E-state index contributed by atoms with van der Waals surface area (Å²) in [7, 11) is 1.47. The van der Waals surface area contributed by atoms with Crippen LogP contribution in [0.25, 0.3) is 11.0 Å². The van der Waals surface area contributed by atoms with E-state index in [4.69, 9.17) is 4.74 Å². The number of fused-ring (bicyclic) bond motifs is 1. The number of thiophene rings is 1. The molecule has 4 rings (SSSR count). The lowest BCUT2D eigenvalue weighted by Crippen LogP contribution is -2.39. The van der Waals surface area contributed by atoms with Gasteiger partial charge in [0.1, 0.15) is 16.4 Å². The molecule has 1 aliphatic heterocycles. The highest BCUT2D eigenvalue weighted by Crippen LogP contribution is 2.36. The van der Waals surface area contributed by atoms with Crippen molar-refractivity contribution < 1.29 is 23.4 Å². The van der Waals surface area contributed by atoms with Gasteiger partial charge in [-0.25, -0.2) is 23.7 Å². The van der Waals surface area contributed by atoms with Crippen molar-refractivity contribution in [1.29, 1.82) is 0 Å². The lowest BCUT2D eigenvalue weighted by Gasteiger charge is -2.31. The minimum Gasteiger partial charge on any atom is -0.495 e. The number of Topliss-reactive ketones (excluding diaryl/α,β-unsaturated/α-hetero) is 1. The van der Waals surface area contributed by atoms with Crippen molar-refractivity contribution in [2.45, 2.75) is 29.9 Å². The molecule has 0 amide bonds. The number of thioether (sulfide) groups is 1. The summed E-state index contributed by atoms with van der Waals surface area (Å²) < 4.78 is 31.6. The predicted octanol–water partition coefficient (Wildman–Crippen LogP) is 3.58. The standard InChI is InChI=1S/C20H20F2N4O3S2/c1-29-11-8-12-17(24-9-11)25-18(16(21)22)26-19(12)30-10-13(27)14-2-3-15(31-14)20(28)4-6-23-7-5-20/h2-3,8-9,16,23,28H,4-7,10H2,1H3. The van der Waals surface area contributed by atoms with E-state index in [0.717, 1.165) is 29.7 Å². The summed E-state index contributed by atoms with van der Waals surface area (Å²) in [5, 5.41) is 14.7. The number of piperidine rings is 1. The van der Waals surface area contributed by atoms with Crippen molar-refractivity contribution in [3.8, 4) is 5.75 Å². The molecule has 11 heteroatoms. The summed E-state index contributed by atoms with van der Waals surface area (Å²) in [4.78, 5) is 25.8. The Labute approximate surface area is 185 Å². The van der Waals surface area contributed by atoms with Gasteiger partial charge in [-0.05, 0) is 44.1 Å². The van der Waals surface area contributed by atoms with Crippen molar-refractivity contribution in [2.75, 3.05) is 26.0 Å². The van der Waals surface area contributed by atoms with Crippen LogP contribution in [0.15, 0.2) is 29.4 Å². The molecule has 3 aromatic heterocycles. The SMILES string of the molecule is COc1cnc2nc(C(F)F)nc(SCC(=O)c3ccc(C4(O)CCNCC4)s3)c2c1. The number of ether oxygens (including phenoxy) is 1. The zero-order valence-corrected chi connectivity index (χ0v) is 18.2. The third-order valence-electron chi connectivity index (χ3n) is 5.05. The van der Waals surface area contributed by atoms with Crippen LogP contribution in [0.1, 0.15) is 39.6 Å². The van der Waals surface area contributed by atoms with E-state index in [-0.39, 0.29) is 22.2 Å². The third-order valence-corrected chi connectivity index (χ3v) is 7.36. The van der Waals surface area contributed by atoms with E-state index in [1.54, 1.807) is 18.2 Å². The molecule has 4 heterocycles. The number of hydrogen-bond acceptors (Lipinski definition) is 9. The summed E-state index contributed by atoms with van der Waals surface area (Å²) in [6, 6.07) is 5.11. The van der Waals surface area contributed by atoms with Crippen LogP contribution in [0.3, 0.4) is 0 Å². The molecule has 7 nitrogen and oxygen atoms in total. The number of nitrogens with zero attached hydrogens (tertiary/aromatic N) is 3. The highest BCUT2D eigenvalue weighted by molar-refractivity contribution is 8.00. The van der Waals surface area contributed by atoms with E-state index in [9.17, 15) is 18.7 Å². The predicted molar refractivity (Wildman–Crippen MR) is 114 cm³/mol. The fourth-order valence-corrected chi connectivity index (χ4v) is 5.40. The number of ketones is 1. The summed E-state index contributed by atoms with van der Waals surface area (Å²) in [5.41, 5.74) is -0.800. The van der Waals surface area contributed by atoms with Gasteiger partial charge in [0.15, 0.2) is 17.3 Å². The van der Waals surface area contributed by atoms with Crippen LogP contribution in [0.4, 0.5) is 8.78 Å².